The second kappa shape index (κ2) is 9.79. The zero-order chi connectivity index (χ0) is 17.4. The SMILES string of the molecule is COCCNC(=O)CCC1CCN(Cc2cc(C(C)C)n[nH]2)CC1. The van der Waals surface area contributed by atoms with Crippen molar-refractivity contribution in [3.05, 3.63) is 17.5 Å². The average Bonchev–Trinajstić information content (AvgIpc) is 3.03. The second-order valence-electron chi connectivity index (χ2n) is 7.07. The molecule has 6 nitrogen and oxygen atoms in total. The molecule has 2 N–H and O–H groups in total. The van der Waals surface area contributed by atoms with Crippen molar-refractivity contribution in [1.29, 1.82) is 0 Å². The van der Waals surface area contributed by atoms with Gasteiger partial charge in [-0.05, 0) is 50.3 Å². The van der Waals surface area contributed by atoms with Crippen LogP contribution in [0.15, 0.2) is 6.07 Å². The fourth-order valence-corrected chi connectivity index (χ4v) is 3.15. The van der Waals surface area contributed by atoms with Crippen molar-refractivity contribution < 1.29 is 9.53 Å². The normalized spacial score (nSPS) is 16.7. The lowest BCUT2D eigenvalue weighted by atomic mass is 9.92. The number of rotatable bonds is 9. The minimum absolute atomic E-state index is 0.146. The molecule has 1 saturated heterocycles. The summed E-state index contributed by atoms with van der Waals surface area (Å²) in [4.78, 5) is 14.2. The van der Waals surface area contributed by atoms with E-state index in [1.54, 1.807) is 7.11 Å². The fraction of sp³-hybridized carbons (Fsp3) is 0.778. The molecule has 1 aromatic rings. The predicted octanol–water partition coefficient (Wildman–Crippen LogP) is 2.29. The molecule has 1 amide bonds. The smallest absolute Gasteiger partial charge is 0.220 e. The van der Waals surface area contributed by atoms with Crippen molar-refractivity contribution in [2.45, 2.75) is 52.0 Å². The van der Waals surface area contributed by atoms with Gasteiger partial charge in [0.1, 0.15) is 0 Å². The van der Waals surface area contributed by atoms with Crippen LogP contribution in [0.1, 0.15) is 56.8 Å². The first-order chi connectivity index (χ1) is 11.6. The van der Waals surface area contributed by atoms with Crippen LogP contribution in [0.4, 0.5) is 0 Å². The molecular formula is C18H32N4O2. The van der Waals surface area contributed by atoms with E-state index in [0.717, 1.165) is 31.7 Å². The molecule has 2 rings (SSSR count). The number of ether oxygens (including phenoxy) is 1. The average molecular weight is 336 g/mol. The minimum atomic E-state index is 0.146. The number of nitrogens with one attached hydrogen (secondary N) is 2. The molecule has 136 valence electrons. The molecule has 1 aliphatic rings. The molecule has 0 atom stereocenters. The van der Waals surface area contributed by atoms with Crippen LogP contribution in [0.2, 0.25) is 0 Å². The number of hydrogen-bond donors (Lipinski definition) is 2. The number of carbonyl (C=O) groups excluding carboxylic acids is 1. The number of aromatic amines is 1. The van der Waals surface area contributed by atoms with E-state index in [-0.39, 0.29) is 5.91 Å². The first kappa shape index (κ1) is 18.9. The van der Waals surface area contributed by atoms with Gasteiger partial charge in [-0.15, -0.1) is 0 Å². The molecule has 0 radical (unpaired) electrons. The van der Waals surface area contributed by atoms with Gasteiger partial charge in [0.05, 0.1) is 12.3 Å². The Hall–Kier alpha value is -1.40. The number of nitrogens with zero attached hydrogens (tertiary/aromatic N) is 2. The molecule has 24 heavy (non-hydrogen) atoms. The van der Waals surface area contributed by atoms with Crippen molar-refractivity contribution in [3.63, 3.8) is 0 Å². The van der Waals surface area contributed by atoms with Gasteiger partial charge in [0.2, 0.25) is 5.91 Å². The van der Waals surface area contributed by atoms with Gasteiger partial charge >= 0.3 is 0 Å². The maximum absolute atomic E-state index is 11.7. The summed E-state index contributed by atoms with van der Waals surface area (Å²) in [6.45, 7) is 8.67. The fourth-order valence-electron chi connectivity index (χ4n) is 3.15. The quantitative estimate of drug-likeness (QED) is 0.679. The third kappa shape index (κ3) is 6.24. The van der Waals surface area contributed by atoms with Crippen LogP contribution in [0.25, 0.3) is 0 Å². The van der Waals surface area contributed by atoms with Crippen LogP contribution in [0.3, 0.4) is 0 Å². The number of likely N-dealkylation sites (tertiary alicyclic amines) is 1. The highest BCUT2D eigenvalue weighted by atomic mass is 16.5. The predicted molar refractivity (Wildman–Crippen MR) is 94.8 cm³/mol. The van der Waals surface area contributed by atoms with Crippen LogP contribution < -0.4 is 5.32 Å². The highest BCUT2D eigenvalue weighted by Crippen LogP contribution is 2.23. The van der Waals surface area contributed by atoms with E-state index in [0.29, 0.717) is 31.4 Å². The Balaban J connectivity index is 1.63. The van der Waals surface area contributed by atoms with Crippen molar-refractivity contribution >= 4 is 5.91 Å². The first-order valence-corrected chi connectivity index (χ1v) is 9.10. The third-order valence-electron chi connectivity index (χ3n) is 4.75. The summed E-state index contributed by atoms with van der Waals surface area (Å²) in [5, 5.41) is 10.4. The van der Waals surface area contributed by atoms with Crippen LogP contribution in [-0.2, 0) is 16.1 Å². The number of H-pyrrole nitrogens is 1. The zero-order valence-corrected chi connectivity index (χ0v) is 15.3. The highest BCUT2D eigenvalue weighted by molar-refractivity contribution is 5.75. The van der Waals surface area contributed by atoms with Crippen molar-refractivity contribution in [3.8, 4) is 0 Å². The monoisotopic (exact) mass is 336 g/mol. The van der Waals surface area contributed by atoms with Crippen LogP contribution in [-0.4, -0.2) is 54.4 Å². The molecule has 1 fully saturated rings. The number of hydrogen-bond acceptors (Lipinski definition) is 4. The number of methoxy groups -OCH3 is 1. The summed E-state index contributed by atoms with van der Waals surface area (Å²) in [6, 6.07) is 2.18. The lowest BCUT2D eigenvalue weighted by Crippen LogP contribution is -2.34. The van der Waals surface area contributed by atoms with Gasteiger partial charge in [-0.25, -0.2) is 0 Å². The Morgan fingerprint density at radius 1 is 1.46 bits per heavy atom. The second-order valence-corrected chi connectivity index (χ2v) is 7.07. The molecule has 1 aliphatic heterocycles. The number of aromatic nitrogens is 2. The van der Waals surface area contributed by atoms with E-state index in [9.17, 15) is 4.79 Å². The van der Waals surface area contributed by atoms with Gasteiger partial charge < -0.3 is 10.1 Å². The van der Waals surface area contributed by atoms with Gasteiger partial charge in [0.25, 0.3) is 0 Å². The summed E-state index contributed by atoms with van der Waals surface area (Å²) in [5.41, 5.74) is 2.34. The van der Waals surface area contributed by atoms with Crippen LogP contribution in [0.5, 0.6) is 0 Å². The maximum Gasteiger partial charge on any atom is 0.220 e. The van der Waals surface area contributed by atoms with E-state index in [1.807, 2.05) is 0 Å². The standard InChI is InChI=1S/C18H32N4O2/c1-14(2)17-12-16(20-21-17)13-22-9-6-15(7-10-22)4-5-18(23)19-8-11-24-3/h12,14-15H,4-11,13H2,1-3H3,(H,19,23)(H,20,21). The van der Waals surface area contributed by atoms with Crippen molar-refractivity contribution in [2.24, 2.45) is 5.92 Å². The van der Waals surface area contributed by atoms with Gasteiger partial charge in [-0.2, -0.15) is 5.10 Å². The van der Waals surface area contributed by atoms with Crippen LogP contribution in [0, 0.1) is 5.92 Å². The molecule has 2 heterocycles. The molecule has 0 aromatic carbocycles. The number of carbonyl (C=O) groups is 1. The molecule has 0 unspecified atom stereocenters. The third-order valence-corrected chi connectivity index (χ3v) is 4.75. The Morgan fingerprint density at radius 2 is 2.21 bits per heavy atom. The Morgan fingerprint density at radius 3 is 2.83 bits per heavy atom. The topological polar surface area (TPSA) is 70.2 Å². The molecule has 1 aromatic heterocycles. The summed E-state index contributed by atoms with van der Waals surface area (Å²) >= 11 is 0. The molecule has 0 aliphatic carbocycles. The lowest BCUT2D eigenvalue weighted by molar-refractivity contribution is -0.121. The molecular weight excluding hydrogens is 304 g/mol. The Labute approximate surface area is 145 Å². The minimum Gasteiger partial charge on any atom is -0.383 e. The number of piperidine rings is 1. The zero-order valence-electron chi connectivity index (χ0n) is 15.3. The lowest BCUT2D eigenvalue weighted by Gasteiger charge is -2.31. The van der Waals surface area contributed by atoms with Gasteiger partial charge in [0, 0.05) is 32.3 Å². The highest BCUT2D eigenvalue weighted by Gasteiger charge is 2.20. The molecule has 0 bridgehead atoms. The van der Waals surface area contributed by atoms with Crippen LogP contribution >= 0.6 is 0 Å². The van der Waals surface area contributed by atoms with Gasteiger partial charge in [-0.1, -0.05) is 13.8 Å². The van der Waals surface area contributed by atoms with Crippen molar-refractivity contribution in [2.75, 3.05) is 33.4 Å². The van der Waals surface area contributed by atoms with Gasteiger partial charge in [-0.3, -0.25) is 14.8 Å². The molecule has 0 saturated carbocycles. The summed E-state index contributed by atoms with van der Waals surface area (Å²) in [5.74, 6) is 1.28. The molecule has 0 spiro atoms. The van der Waals surface area contributed by atoms with E-state index in [4.69, 9.17) is 4.74 Å². The van der Waals surface area contributed by atoms with E-state index < -0.39 is 0 Å². The van der Waals surface area contributed by atoms with Gasteiger partial charge in [0.15, 0.2) is 0 Å². The summed E-state index contributed by atoms with van der Waals surface area (Å²) in [6.07, 6.45) is 3.98. The van der Waals surface area contributed by atoms with E-state index in [1.165, 1.54) is 18.5 Å². The van der Waals surface area contributed by atoms with E-state index >= 15 is 0 Å². The Bertz CT molecular complexity index is 493. The van der Waals surface area contributed by atoms with E-state index in [2.05, 4.69) is 40.3 Å². The first-order valence-electron chi connectivity index (χ1n) is 9.10. The summed E-state index contributed by atoms with van der Waals surface area (Å²) < 4.78 is 4.93. The number of amides is 1. The summed E-state index contributed by atoms with van der Waals surface area (Å²) in [7, 11) is 1.65. The molecule has 6 heteroatoms. The largest absolute Gasteiger partial charge is 0.383 e. The van der Waals surface area contributed by atoms with Crippen molar-refractivity contribution in [1.82, 2.24) is 20.4 Å². The maximum atomic E-state index is 11.7. The Kier molecular flexibility index (Phi) is 7.72.